The summed E-state index contributed by atoms with van der Waals surface area (Å²) < 4.78 is 0. The van der Waals surface area contributed by atoms with Crippen molar-refractivity contribution in [3.8, 4) is 0 Å². The summed E-state index contributed by atoms with van der Waals surface area (Å²) in [5.41, 5.74) is 7.19. The lowest BCUT2D eigenvalue weighted by Gasteiger charge is -2.25. The molecule has 2 rings (SSSR count). The number of nitrogens with zero attached hydrogens (tertiary/aromatic N) is 1. The highest BCUT2D eigenvalue weighted by Crippen LogP contribution is 2.37. The Morgan fingerprint density at radius 1 is 1.33 bits per heavy atom. The second-order valence-corrected chi connectivity index (χ2v) is 5.64. The Morgan fingerprint density at radius 2 is 2.00 bits per heavy atom. The van der Waals surface area contributed by atoms with Crippen molar-refractivity contribution in [1.82, 2.24) is 4.98 Å². The minimum Gasteiger partial charge on any atom is -0.328 e. The number of aryl methyl sites for hydroxylation is 2. The quantitative estimate of drug-likeness (QED) is 0.838. The molecule has 1 aromatic heterocycles. The highest BCUT2D eigenvalue weighted by atomic mass is 32.1. The van der Waals surface area contributed by atoms with Gasteiger partial charge in [0.25, 0.3) is 0 Å². The van der Waals surface area contributed by atoms with E-state index in [9.17, 15) is 0 Å². The fourth-order valence-corrected chi connectivity index (χ4v) is 3.55. The number of aromatic nitrogens is 1. The molecule has 2 nitrogen and oxygen atoms in total. The molecule has 1 saturated carbocycles. The van der Waals surface area contributed by atoms with Gasteiger partial charge >= 0.3 is 0 Å². The Balaban J connectivity index is 2.11. The molecule has 15 heavy (non-hydrogen) atoms. The van der Waals surface area contributed by atoms with Crippen LogP contribution in [0.3, 0.4) is 0 Å². The predicted octanol–water partition coefficient (Wildman–Crippen LogP) is 3.00. The summed E-state index contributed by atoms with van der Waals surface area (Å²) >= 11 is 1.92. The minimum absolute atomic E-state index is 0.445. The van der Waals surface area contributed by atoms with Crippen LogP contribution in [0.5, 0.6) is 0 Å². The molecular weight excluding hydrogens is 204 g/mol. The highest BCUT2D eigenvalue weighted by molar-refractivity contribution is 7.11. The average Bonchev–Trinajstić information content (AvgIpc) is 2.61. The third-order valence-corrected chi connectivity index (χ3v) is 4.79. The van der Waals surface area contributed by atoms with E-state index in [1.165, 1.54) is 41.3 Å². The summed E-state index contributed by atoms with van der Waals surface area (Å²) in [5, 5.41) is 1.29. The maximum atomic E-state index is 5.93. The molecule has 0 spiro atoms. The van der Waals surface area contributed by atoms with Gasteiger partial charge in [0.05, 0.1) is 10.7 Å². The Labute approximate surface area is 95.9 Å². The van der Waals surface area contributed by atoms with Crippen LogP contribution in [0.2, 0.25) is 0 Å². The van der Waals surface area contributed by atoms with Crippen LogP contribution in [-0.4, -0.2) is 11.0 Å². The van der Waals surface area contributed by atoms with Crippen LogP contribution < -0.4 is 5.73 Å². The molecule has 0 aliphatic heterocycles. The van der Waals surface area contributed by atoms with Crippen molar-refractivity contribution in [3.05, 3.63) is 15.6 Å². The van der Waals surface area contributed by atoms with Crippen LogP contribution >= 0.6 is 11.3 Å². The van der Waals surface area contributed by atoms with E-state index in [0.29, 0.717) is 6.04 Å². The molecule has 1 fully saturated rings. The number of rotatable bonds is 2. The van der Waals surface area contributed by atoms with Crippen LogP contribution in [0.4, 0.5) is 0 Å². The van der Waals surface area contributed by atoms with E-state index in [2.05, 4.69) is 18.8 Å². The zero-order valence-electron chi connectivity index (χ0n) is 9.62. The number of thiazole rings is 1. The minimum atomic E-state index is 0.445. The summed E-state index contributed by atoms with van der Waals surface area (Å²) in [7, 11) is 0. The lowest BCUT2D eigenvalue weighted by atomic mass is 9.85. The standard InChI is InChI=1S/C12H20N2S/c1-3-11-14-8(2)12(15-11)9-4-6-10(13)7-5-9/h9-10H,3-7,13H2,1-2H3. The van der Waals surface area contributed by atoms with Gasteiger partial charge in [-0.05, 0) is 44.9 Å². The molecule has 3 heteroatoms. The Bertz CT molecular complexity index is 324. The van der Waals surface area contributed by atoms with Gasteiger partial charge in [0.15, 0.2) is 0 Å². The van der Waals surface area contributed by atoms with Crippen LogP contribution in [0.1, 0.15) is 54.1 Å². The van der Waals surface area contributed by atoms with Crippen molar-refractivity contribution in [2.45, 2.75) is 57.9 Å². The number of hydrogen-bond acceptors (Lipinski definition) is 3. The summed E-state index contributed by atoms with van der Waals surface area (Å²) in [6.07, 6.45) is 5.95. The van der Waals surface area contributed by atoms with Gasteiger partial charge in [-0.25, -0.2) is 4.98 Å². The molecular formula is C12H20N2S. The fraction of sp³-hybridized carbons (Fsp3) is 0.750. The smallest absolute Gasteiger partial charge is 0.0928 e. The summed E-state index contributed by atoms with van der Waals surface area (Å²) in [6, 6.07) is 0.445. The van der Waals surface area contributed by atoms with E-state index >= 15 is 0 Å². The maximum Gasteiger partial charge on any atom is 0.0928 e. The monoisotopic (exact) mass is 224 g/mol. The van der Waals surface area contributed by atoms with Gasteiger partial charge in [0.1, 0.15) is 0 Å². The third-order valence-electron chi connectivity index (χ3n) is 3.32. The predicted molar refractivity (Wildman–Crippen MR) is 65.4 cm³/mol. The molecule has 0 amide bonds. The van der Waals surface area contributed by atoms with Gasteiger partial charge < -0.3 is 5.73 Å². The van der Waals surface area contributed by atoms with Crippen molar-refractivity contribution in [3.63, 3.8) is 0 Å². The molecule has 0 bridgehead atoms. The van der Waals surface area contributed by atoms with Crippen molar-refractivity contribution in [2.75, 3.05) is 0 Å². The van der Waals surface area contributed by atoms with Crippen LogP contribution in [0.25, 0.3) is 0 Å². The number of nitrogens with two attached hydrogens (primary N) is 1. The van der Waals surface area contributed by atoms with Crippen molar-refractivity contribution in [2.24, 2.45) is 5.73 Å². The molecule has 1 heterocycles. The molecule has 2 N–H and O–H groups in total. The molecule has 1 aromatic rings. The molecule has 1 aliphatic rings. The van der Waals surface area contributed by atoms with Crippen molar-refractivity contribution < 1.29 is 0 Å². The molecule has 0 aromatic carbocycles. The first-order valence-electron chi connectivity index (χ1n) is 5.92. The summed E-state index contributed by atoms with van der Waals surface area (Å²) in [5.74, 6) is 0.739. The van der Waals surface area contributed by atoms with Gasteiger partial charge in [-0.3, -0.25) is 0 Å². The maximum absolute atomic E-state index is 5.93. The Morgan fingerprint density at radius 3 is 2.53 bits per heavy atom. The zero-order valence-corrected chi connectivity index (χ0v) is 10.4. The highest BCUT2D eigenvalue weighted by Gasteiger charge is 2.23. The SMILES string of the molecule is CCc1nc(C)c(C2CCC(N)CC2)s1. The average molecular weight is 224 g/mol. The first-order chi connectivity index (χ1) is 7.20. The van der Waals surface area contributed by atoms with Gasteiger partial charge in [-0.1, -0.05) is 6.92 Å². The molecule has 0 radical (unpaired) electrons. The largest absolute Gasteiger partial charge is 0.328 e. The Hall–Kier alpha value is -0.410. The second-order valence-electron chi connectivity index (χ2n) is 4.52. The summed E-state index contributed by atoms with van der Waals surface area (Å²) in [6.45, 7) is 4.33. The van der Waals surface area contributed by atoms with Gasteiger partial charge in [-0.2, -0.15) is 0 Å². The van der Waals surface area contributed by atoms with Crippen molar-refractivity contribution in [1.29, 1.82) is 0 Å². The molecule has 1 aliphatic carbocycles. The van der Waals surface area contributed by atoms with E-state index in [1.54, 1.807) is 0 Å². The molecule has 84 valence electrons. The van der Waals surface area contributed by atoms with Gasteiger partial charge in [-0.15, -0.1) is 11.3 Å². The normalized spacial score (nSPS) is 26.9. The van der Waals surface area contributed by atoms with E-state index in [0.717, 1.165) is 12.3 Å². The molecule has 0 saturated heterocycles. The second kappa shape index (κ2) is 4.62. The topological polar surface area (TPSA) is 38.9 Å². The van der Waals surface area contributed by atoms with Crippen LogP contribution in [0, 0.1) is 6.92 Å². The number of hydrogen-bond donors (Lipinski definition) is 1. The van der Waals surface area contributed by atoms with Crippen LogP contribution in [0.15, 0.2) is 0 Å². The first kappa shape index (κ1) is 11.1. The van der Waals surface area contributed by atoms with Gasteiger partial charge in [0.2, 0.25) is 0 Å². The summed E-state index contributed by atoms with van der Waals surface area (Å²) in [4.78, 5) is 6.14. The van der Waals surface area contributed by atoms with E-state index < -0.39 is 0 Å². The molecule has 0 unspecified atom stereocenters. The third kappa shape index (κ3) is 2.40. The lowest BCUT2D eigenvalue weighted by Crippen LogP contribution is -2.25. The van der Waals surface area contributed by atoms with Crippen molar-refractivity contribution >= 4 is 11.3 Å². The molecule has 0 atom stereocenters. The van der Waals surface area contributed by atoms with Crippen LogP contribution in [-0.2, 0) is 6.42 Å². The van der Waals surface area contributed by atoms with E-state index in [4.69, 9.17) is 5.73 Å². The zero-order chi connectivity index (χ0) is 10.8. The van der Waals surface area contributed by atoms with E-state index in [-0.39, 0.29) is 0 Å². The fourth-order valence-electron chi connectivity index (χ4n) is 2.38. The Kier molecular flexibility index (Phi) is 3.42. The first-order valence-corrected chi connectivity index (χ1v) is 6.74. The van der Waals surface area contributed by atoms with Gasteiger partial charge in [0, 0.05) is 10.9 Å². The lowest BCUT2D eigenvalue weighted by molar-refractivity contribution is 0.398. The van der Waals surface area contributed by atoms with E-state index in [1.807, 2.05) is 11.3 Å².